The van der Waals surface area contributed by atoms with Gasteiger partial charge in [-0.05, 0) is 66.8 Å². The molecule has 8 heteroatoms. The predicted octanol–water partition coefficient (Wildman–Crippen LogP) is 5.46. The normalized spacial score (nSPS) is 13.5. The topological polar surface area (TPSA) is 76.3 Å². The molecular weight excluding hydrogens is 560 g/mol. The number of hydrogen-bond acceptors (Lipinski definition) is 4. The highest BCUT2D eigenvalue weighted by Gasteiger charge is 2.34. The second-order valence-electron chi connectivity index (χ2n) is 11.6. The maximum absolute atomic E-state index is 14.5. The molecule has 3 aromatic carbocycles. The molecule has 1 aliphatic heterocycles. The molecule has 45 heavy (non-hydrogen) atoms. The van der Waals surface area contributed by atoms with Crippen molar-refractivity contribution in [3.8, 4) is 5.69 Å². The maximum Gasteiger partial charge on any atom is 0.247 e. The van der Waals surface area contributed by atoms with E-state index in [4.69, 9.17) is 0 Å². The Bertz CT molecular complexity index is 1810. The van der Waals surface area contributed by atoms with Crippen LogP contribution in [-0.2, 0) is 42.6 Å². The van der Waals surface area contributed by atoms with Crippen molar-refractivity contribution < 1.29 is 9.59 Å². The molecular formula is C37H38N6O2. The van der Waals surface area contributed by atoms with Crippen molar-refractivity contribution in [3.63, 3.8) is 0 Å². The SMILES string of the molecule is Cc1nn(C)c(C)c1C=CC(=O)N(Cc1ccc(-n2cccn2)cc1)[C@@H](Cc1ccccc1)C(=O)N1CCc2ccccc2C1. The lowest BCUT2D eigenvalue weighted by atomic mass is 9.97. The van der Waals surface area contributed by atoms with E-state index < -0.39 is 6.04 Å². The number of carbonyl (C=O) groups is 2. The minimum absolute atomic E-state index is 0.0444. The highest BCUT2D eigenvalue weighted by molar-refractivity contribution is 5.96. The molecule has 1 aliphatic rings. The number of carbonyl (C=O) groups excluding carboxylic acids is 2. The highest BCUT2D eigenvalue weighted by Crippen LogP contribution is 2.24. The fraction of sp³-hybridized carbons (Fsp3) is 0.243. The van der Waals surface area contributed by atoms with E-state index in [-0.39, 0.29) is 18.4 Å². The molecule has 2 amide bonds. The number of fused-ring (bicyclic) bond motifs is 1. The van der Waals surface area contributed by atoms with Crippen LogP contribution in [0, 0.1) is 13.8 Å². The van der Waals surface area contributed by atoms with Crippen LogP contribution in [0.25, 0.3) is 11.8 Å². The molecule has 2 aromatic heterocycles. The average Bonchev–Trinajstić information content (AvgIpc) is 3.69. The van der Waals surface area contributed by atoms with Gasteiger partial charge in [-0.25, -0.2) is 4.68 Å². The Kier molecular flexibility index (Phi) is 8.73. The standard InChI is InChI=1S/C37H38N6O2/c1-27-34(28(2)40(3)39-27)18-19-36(44)42(25-30-14-16-33(17-15-30)43-22-9-21-38-43)35(24-29-10-5-4-6-11-29)37(45)41-23-20-31-12-7-8-13-32(31)26-41/h4-19,21-22,35H,20,23-26H2,1-3H3/t35-/m0/s1. The van der Waals surface area contributed by atoms with Crippen molar-refractivity contribution in [2.45, 2.75) is 45.8 Å². The predicted molar refractivity (Wildman–Crippen MR) is 175 cm³/mol. The third-order valence-electron chi connectivity index (χ3n) is 8.67. The Hall–Kier alpha value is -5.24. The second kappa shape index (κ2) is 13.2. The molecule has 0 unspecified atom stereocenters. The van der Waals surface area contributed by atoms with Crippen LogP contribution < -0.4 is 0 Å². The summed E-state index contributed by atoms with van der Waals surface area (Å²) < 4.78 is 3.61. The molecule has 0 radical (unpaired) electrons. The van der Waals surface area contributed by atoms with Gasteiger partial charge >= 0.3 is 0 Å². The Labute approximate surface area is 264 Å². The van der Waals surface area contributed by atoms with Crippen LogP contribution >= 0.6 is 0 Å². The fourth-order valence-electron chi connectivity index (χ4n) is 6.06. The van der Waals surface area contributed by atoms with E-state index in [1.165, 1.54) is 5.56 Å². The van der Waals surface area contributed by atoms with Gasteiger partial charge in [-0.15, -0.1) is 0 Å². The van der Waals surface area contributed by atoms with E-state index in [0.717, 1.165) is 45.7 Å². The summed E-state index contributed by atoms with van der Waals surface area (Å²) in [5.41, 5.74) is 8.02. The van der Waals surface area contributed by atoms with Crippen LogP contribution in [0.2, 0.25) is 0 Å². The Morgan fingerprint density at radius 1 is 0.911 bits per heavy atom. The van der Waals surface area contributed by atoms with Crippen molar-refractivity contribution in [1.82, 2.24) is 29.4 Å². The smallest absolute Gasteiger partial charge is 0.247 e. The summed E-state index contributed by atoms with van der Waals surface area (Å²) >= 11 is 0. The Morgan fingerprint density at radius 2 is 1.64 bits per heavy atom. The lowest BCUT2D eigenvalue weighted by molar-refractivity contribution is -0.144. The van der Waals surface area contributed by atoms with E-state index in [0.29, 0.717) is 19.5 Å². The van der Waals surface area contributed by atoms with Crippen LogP contribution in [0.1, 0.15) is 39.2 Å². The molecule has 8 nitrogen and oxygen atoms in total. The lowest BCUT2D eigenvalue weighted by Crippen LogP contribution is -2.52. The molecule has 0 saturated carbocycles. The zero-order valence-electron chi connectivity index (χ0n) is 26.0. The molecule has 0 bridgehead atoms. The summed E-state index contributed by atoms with van der Waals surface area (Å²) in [6, 6.07) is 27.4. The molecule has 0 fully saturated rings. The van der Waals surface area contributed by atoms with Crippen LogP contribution in [-0.4, -0.2) is 53.8 Å². The minimum atomic E-state index is -0.698. The summed E-state index contributed by atoms with van der Waals surface area (Å²) in [7, 11) is 1.89. The Balaban J connectivity index is 1.36. The molecule has 3 heterocycles. The largest absolute Gasteiger partial charge is 0.336 e. The third-order valence-corrected chi connectivity index (χ3v) is 8.67. The van der Waals surface area contributed by atoms with E-state index in [1.54, 1.807) is 21.9 Å². The molecule has 228 valence electrons. The molecule has 0 saturated heterocycles. The van der Waals surface area contributed by atoms with Crippen LogP contribution in [0.5, 0.6) is 0 Å². The molecule has 0 spiro atoms. The van der Waals surface area contributed by atoms with E-state index in [2.05, 4.69) is 22.3 Å². The molecule has 6 rings (SSSR count). The first-order valence-electron chi connectivity index (χ1n) is 15.3. The first-order chi connectivity index (χ1) is 21.9. The van der Waals surface area contributed by atoms with Gasteiger partial charge < -0.3 is 9.80 Å². The third kappa shape index (κ3) is 6.65. The highest BCUT2D eigenvalue weighted by atomic mass is 16.2. The van der Waals surface area contributed by atoms with Crippen LogP contribution in [0.4, 0.5) is 0 Å². The van der Waals surface area contributed by atoms with E-state index >= 15 is 0 Å². The number of aromatic nitrogens is 4. The summed E-state index contributed by atoms with van der Waals surface area (Å²) in [5.74, 6) is -0.266. The van der Waals surface area contributed by atoms with Crippen molar-refractivity contribution in [2.24, 2.45) is 7.05 Å². The second-order valence-corrected chi connectivity index (χ2v) is 11.6. The van der Waals surface area contributed by atoms with Crippen molar-refractivity contribution in [3.05, 3.63) is 143 Å². The summed E-state index contributed by atoms with van der Waals surface area (Å²) in [4.78, 5) is 32.4. The fourth-order valence-corrected chi connectivity index (χ4v) is 6.06. The van der Waals surface area contributed by atoms with Gasteiger partial charge in [0.1, 0.15) is 6.04 Å². The summed E-state index contributed by atoms with van der Waals surface area (Å²) in [5, 5.41) is 8.83. The van der Waals surface area contributed by atoms with Gasteiger partial charge in [0.2, 0.25) is 11.8 Å². The number of hydrogen-bond donors (Lipinski definition) is 0. The zero-order valence-corrected chi connectivity index (χ0v) is 26.0. The molecule has 0 N–H and O–H groups in total. The number of amides is 2. The van der Waals surface area contributed by atoms with Crippen LogP contribution in [0.15, 0.2) is 103 Å². The number of benzene rings is 3. The van der Waals surface area contributed by atoms with Gasteiger partial charge in [-0.3, -0.25) is 14.3 Å². The quantitative estimate of drug-likeness (QED) is 0.211. The Morgan fingerprint density at radius 3 is 2.33 bits per heavy atom. The minimum Gasteiger partial charge on any atom is -0.336 e. The number of nitrogens with zero attached hydrogens (tertiary/aromatic N) is 6. The summed E-state index contributed by atoms with van der Waals surface area (Å²) in [6.07, 6.45) is 8.26. The van der Waals surface area contributed by atoms with E-state index in [9.17, 15) is 9.59 Å². The van der Waals surface area contributed by atoms with Gasteiger partial charge in [0, 0.05) is 62.8 Å². The number of aryl methyl sites for hydroxylation is 2. The average molecular weight is 599 g/mol. The van der Waals surface area contributed by atoms with Gasteiger partial charge in [0.25, 0.3) is 0 Å². The van der Waals surface area contributed by atoms with Gasteiger partial charge in [0.15, 0.2) is 0 Å². The van der Waals surface area contributed by atoms with Crippen LogP contribution in [0.3, 0.4) is 0 Å². The molecule has 1 atom stereocenters. The summed E-state index contributed by atoms with van der Waals surface area (Å²) in [6.45, 7) is 5.35. The van der Waals surface area contributed by atoms with Gasteiger partial charge in [-0.2, -0.15) is 10.2 Å². The lowest BCUT2D eigenvalue weighted by Gasteiger charge is -2.37. The van der Waals surface area contributed by atoms with Crippen molar-refractivity contribution in [2.75, 3.05) is 6.54 Å². The van der Waals surface area contributed by atoms with Crippen molar-refractivity contribution >= 4 is 17.9 Å². The molecule has 5 aromatic rings. The van der Waals surface area contributed by atoms with Gasteiger partial charge in [-0.1, -0.05) is 66.7 Å². The van der Waals surface area contributed by atoms with E-state index in [1.807, 2.05) is 116 Å². The van der Waals surface area contributed by atoms with Crippen molar-refractivity contribution in [1.29, 1.82) is 0 Å². The monoisotopic (exact) mass is 598 g/mol. The first kappa shape index (κ1) is 29.8. The zero-order chi connectivity index (χ0) is 31.3. The number of rotatable bonds is 9. The first-order valence-corrected chi connectivity index (χ1v) is 15.3. The maximum atomic E-state index is 14.5. The molecule has 0 aliphatic carbocycles. The van der Waals surface area contributed by atoms with Gasteiger partial charge in [0.05, 0.1) is 11.4 Å².